The summed E-state index contributed by atoms with van der Waals surface area (Å²) in [5, 5.41) is 16.1. The number of hydrogen-bond acceptors (Lipinski definition) is 0. The summed E-state index contributed by atoms with van der Waals surface area (Å²) in [5.74, 6) is 0. The predicted octanol–water partition coefficient (Wildman–Crippen LogP) is 18.2. The second-order valence-electron chi connectivity index (χ2n) is 20.6. The van der Waals surface area contributed by atoms with E-state index in [1.807, 2.05) is 0 Å². The van der Waals surface area contributed by atoms with Crippen molar-refractivity contribution in [1.29, 1.82) is 0 Å². The molecule has 2 aliphatic carbocycles. The molecule has 0 fully saturated rings. The third-order valence-corrected chi connectivity index (χ3v) is 20.3. The molecule has 3 aliphatic rings. The van der Waals surface area contributed by atoms with Gasteiger partial charge in [-0.3, -0.25) is 0 Å². The van der Waals surface area contributed by atoms with Crippen LogP contribution in [0.3, 0.4) is 0 Å². The summed E-state index contributed by atoms with van der Waals surface area (Å²) in [6, 6.07) is 88.0. The van der Waals surface area contributed by atoms with Gasteiger partial charge in [0.25, 0.3) is 0 Å². The first kappa shape index (κ1) is 39.2. The Morgan fingerprint density at radius 1 is 0.225 bits per heavy atom. The van der Waals surface area contributed by atoms with E-state index in [4.69, 9.17) is 0 Å². The van der Waals surface area contributed by atoms with Crippen molar-refractivity contribution in [3.63, 3.8) is 0 Å². The largest absolute Gasteiger partial charge is 0.113 e. The van der Waals surface area contributed by atoms with Crippen LogP contribution < -0.4 is 10.4 Å². The van der Waals surface area contributed by atoms with Crippen LogP contribution >= 0.6 is 0 Å². The van der Waals surface area contributed by atoms with Crippen molar-refractivity contribution in [2.45, 2.75) is 13.1 Å². The maximum Gasteiger partial charge on any atom is 0.113 e. The van der Waals surface area contributed by atoms with E-state index < -0.39 is 8.07 Å². The summed E-state index contributed by atoms with van der Waals surface area (Å²) >= 11 is 0. The molecule has 13 aromatic carbocycles. The molecule has 0 spiro atoms. The summed E-state index contributed by atoms with van der Waals surface area (Å²) in [5.41, 5.74) is 23.7. The highest BCUT2D eigenvalue weighted by Gasteiger charge is 2.39. The Hall–Kier alpha value is -8.62. The quantitative estimate of drug-likeness (QED) is 0.122. The van der Waals surface area contributed by atoms with Gasteiger partial charge in [-0.25, -0.2) is 0 Å². The third kappa shape index (κ3) is 5.34. The molecule has 0 aromatic heterocycles. The van der Waals surface area contributed by atoms with Gasteiger partial charge in [-0.1, -0.05) is 225 Å². The summed E-state index contributed by atoms with van der Waals surface area (Å²) < 4.78 is 0. The normalized spacial score (nSPS) is 13.3. The average molecular weight is 913 g/mol. The minimum Gasteiger partial charge on any atom is -0.0622 e. The Labute approximate surface area is 413 Å². The van der Waals surface area contributed by atoms with Gasteiger partial charge in [-0.2, -0.15) is 0 Å². The van der Waals surface area contributed by atoms with Gasteiger partial charge in [0.05, 0.1) is 0 Å². The molecule has 13 aromatic rings. The van der Waals surface area contributed by atoms with Gasteiger partial charge in [-0.15, -0.1) is 0 Å². The molecule has 0 amide bonds. The van der Waals surface area contributed by atoms with Crippen molar-refractivity contribution >= 4 is 72.3 Å². The van der Waals surface area contributed by atoms with E-state index in [9.17, 15) is 0 Å². The molecule has 0 saturated heterocycles. The molecule has 1 heteroatoms. The lowest BCUT2D eigenvalue weighted by atomic mass is 9.82. The van der Waals surface area contributed by atoms with E-state index in [1.54, 1.807) is 0 Å². The van der Waals surface area contributed by atoms with Crippen LogP contribution in [0.1, 0.15) is 0 Å². The van der Waals surface area contributed by atoms with Crippen LogP contribution in [0.25, 0.3) is 154 Å². The number of benzene rings is 13. The van der Waals surface area contributed by atoms with E-state index in [-0.39, 0.29) is 0 Å². The van der Waals surface area contributed by atoms with Gasteiger partial charge < -0.3 is 0 Å². The van der Waals surface area contributed by atoms with Crippen molar-refractivity contribution < 1.29 is 0 Å². The van der Waals surface area contributed by atoms with Crippen LogP contribution in [0.4, 0.5) is 0 Å². The maximum atomic E-state index is 2.66. The Bertz CT molecular complexity index is 4470. The zero-order chi connectivity index (χ0) is 46.7. The summed E-state index contributed by atoms with van der Waals surface area (Å²) in [7, 11) is -2.24. The van der Waals surface area contributed by atoms with Crippen molar-refractivity contribution in [2.24, 2.45) is 0 Å². The fourth-order valence-corrected chi connectivity index (χ4v) is 16.5. The summed E-state index contributed by atoms with van der Waals surface area (Å²) in [6.45, 7) is 5.16. The van der Waals surface area contributed by atoms with Crippen LogP contribution in [-0.2, 0) is 0 Å². The minimum atomic E-state index is -2.24. The smallest absolute Gasteiger partial charge is 0.0622 e. The maximum absolute atomic E-state index is 2.66. The number of hydrogen-bond donors (Lipinski definition) is 0. The molecular formula is C70H44Si. The SMILES string of the molecule is C[Si]1(C)c2cc(-c3ccc4cc(-c5ccccc5)ccc4c3)ccc2-c2cc3c(-c4ccc5c6c(cccc46)-c4ccccc4-5)c4ccccc4c(-c4ccc5c6c(cccc46)-c4ccccc4-5)c3cc21. The Morgan fingerprint density at radius 3 is 1.18 bits per heavy atom. The lowest BCUT2D eigenvalue weighted by molar-refractivity contribution is 1.63. The lowest BCUT2D eigenvalue weighted by Gasteiger charge is -2.23. The topological polar surface area (TPSA) is 0 Å². The van der Waals surface area contributed by atoms with Crippen molar-refractivity contribution in [3.8, 4) is 100 Å². The lowest BCUT2D eigenvalue weighted by Crippen LogP contribution is -2.49. The highest BCUT2D eigenvalue weighted by Crippen LogP contribution is 2.55. The van der Waals surface area contributed by atoms with E-state index >= 15 is 0 Å². The summed E-state index contributed by atoms with van der Waals surface area (Å²) in [4.78, 5) is 0. The molecule has 0 unspecified atom stereocenters. The minimum absolute atomic E-state index is 1.25. The molecule has 0 atom stereocenters. The van der Waals surface area contributed by atoms with Crippen LogP contribution in [-0.4, -0.2) is 8.07 Å². The van der Waals surface area contributed by atoms with Crippen LogP contribution in [0.5, 0.6) is 0 Å². The Kier molecular flexibility index (Phi) is 7.87. The second kappa shape index (κ2) is 14.2. The molecular weight excluding hydrogens is 869 g/mol. The van der Waals surface area contributed by atoms with Gasteiger partial charge in [0.1, 0.15) is 8.07 Å². The van der Waals surface area contributed by atoms with Crippen LogP contribution in [0, 0.1) is 0 Å². The van der Waals surface area contributed by atoms with Crippen LogP contribution in [0.15, 0.2) is 231 Å². The molecule has 0 nitrogen and oxygen atoms in total. The first-order chi connectivity index (χ1) is 35.0. The highest BCUT2D eigenvalue weighted by molar-refractivity contribution is 7.04. The number of fused-ring (bicyclic) bond motifs is 12. The highest BCUT2D eigenvalue weighted by atomic mass is 28.3. The molecule has 71 heavy (non-hydrogen) atoms. The van der Waals surface area contributed by atoms with Gasteiger partial charge in [-0.05, 0) is 183 Å². The fourth-order valence-electron chi connectivity index (χ4n) is 13.5. The van der Waals surface area contributed by atoms with Gasteiger partial charge in [0, 0.05) is 0 Å². The van der Waals surface area contributed by atoms with E-state index in [0.29, 0.717) is 0 Å². The molecule has 0 bridgehead atoms. The number of rotatable bonds is 4. The molecule has 328 valence electrons. The Morgan fingerprint density at radius 2 is 0.620 bits per heavy atom. The van der Waals surface area contributed by atoms with Crippen molar-refractivity contribution in [3.05, 3.63) is 231 Å². The van der Waals surface area contributed by atoms with E-state index in [2.05, 4.69) is 244 Å². The molecule has 1 aliphatic heterocycles. The third-order valence-electron chi connectivity index (χ3n) is 16.7. The predicted molar refractivity (Wildman–Crippen MR) is 307 cm³/mol. The summed E-state index contributed by atoms with van der Waals surface area (Å²) in [6.07, 6.45) is 0. The molecule has 1 heterocycles. The van der Waals surface area contributed by atoms with Gasteiger partial charge in [0.15, 0.2) is 0 Å². The molecule has 0 radical (unpaired) electrons. The van der Waals surface area contributed by atoms with E-state index in [0.717, 1.165) is 0 Å². The zero-order valence-corrected chi connectivity index (χ0v) is 40.4. The zero-order valence-electron chi connectivity index (χ0n) is 39.4. The standard InChI is InChI=1S/C70H44Si/c1-71(2)65-38-46(45-29-28-43-36-42(26-27-44(43)37-45)41-14-4-3-5-15-41)30-31-51(65)62-39-63-64(40-66(62)71)70(61-35-33-59-50-19-9-7-17-48(50)53-23-13-25-57(61)68(53)59)55-21-11-10-20-54(55)69(63)60-34-32-58-49-18-8-6-16-47(49)52-22-12-24-56(60)67(52)58/h3-40H,1-2H3. The van der Waals surface area contributed by atoms with Crippen molar-refractivity contribution in [2.75, 3.05) is 0 Å². The van der Waals surface area contributed by atoms with Crippen molar-refractivity contribution in [1.82, 2.24) is 0 Å². The van der Waals surface area contributed by atoms with Gasteiger partial charge in [0.2, 0.25) is 0 Å². The first-order valence-electron chi connectivity index (χ1n) is 25.1. The Balaban J connectivity index is 0.953. The molecule has 16 rings (SSSR count). The second-order valence-corrected chi connectivity index (χ2v) is 25.0. The first-order valence-corrected chi connectivity index (χ1v) is 28.1. The van der Waals surface area contributed by atoms with Gasteiger partial charge >= 0.3 is 0 Å². The average Bonchev–Trinajstić information content (AvgIpc) is 4.01. The van der Waals surface area contributed by atoms with Crippen LogP contribution in [0.2, 0.25) is 13.1 Å². The molecule has 0 saturated carbocycles. The monoisotopic (exact) mass is 912 g/mol. The fraction of sp³-hybridized carbons (Fsp3) is 0.0286. The van der Waals surface area contributed by atoms with E-state index in [1.165, 1.54) is 164 Å². The molecule has 0 N–H and O–H groups in total.